The van der Waals surface area contributed by atoms with Crippen molar-refractivity contribution in [2.24, 2.45) is 5.73 Å². The molecule has 2 heterocycles. The summed E-state index contributed by atoms with van der Waals surface area (Å²) in [4.78, 5) is 30.4. The number of benzene rings is 1. The molecule has 0 fully saturated rings. The molecular formula is C24H24FN3O3. The third-order valence-corrected chi connectivity index (χ3v) is 4.77. The van der Waals surface area contributed by atoms with E-state index in [9.17, 15) is 14.0 Å². The summed E-state index contributed by atoms with van der Waals surface area (Å²) in [6.45, 7) is 6.07. The monoisotopic (exact) mass is 421 g/mol. The molecule has 0 bridgehead atoms. The zero-order valence-corrected chi connectivity index (χ0v) is 17.8. The van der Waals surface area contributed by atoms with E-state index in [1.807, 2.05) is 26.8 Å². The molecule has 0 unspecified atom stereocenters. The number of carbonyl (C=O) groups excluding carboxylic acids is 1. The molecule has 0 aliphatic carbocycles. The summed E-state index contributed by atoms with van der Waals surface area (Å²) in [5.74, 6) is -0.520. The Bertz CT molecular complexity index is 1220. The molecular weight excluding hydrogens is 397 g/mol. The van der Waals surface area contributed by atoms with E-state index in [4.69, 9.17) is 10.5 Å². The quantitative estimate of drug-likeness (QED) is 0.647. The van der Waals surface area contributed by atoms with Crippen molar-refractivity contribution in [1.29, 1.82) is 0 Å². The van der Waals surface area contributed by atoms with Crippen LogP contribution in [0.5, 0.6) is 5.75 Å². The number of pyridine rings is 2. The van der Waals surface area contributed by atoms with Gasteiger partial charge in [-0.2, -0.15) is 0 Å². The van der Waals surface area contributed by atoms with Crippen LogP contribution in [0.15, 0.2) is 47.4 Å². The number of ether oxygens (including phenoxy) is 1. The molecule has 0 atom stereocenters. The molecule has 6 nitrogen and oxygen atoms in total. The zero-order chi connectivity index (χ0) is 22.8. The van der Waals surface area contributed by atoms with Crippen LogP contribution >= 0.6 is 0 Å². The molecule has 31 heavy (non-hydrogen) atoms. The fraction of sp³-hybridized carbons (Fsp3) is 0.208. The first kappa shape index (κ1) is 22.0. The summed E-state index contributed by atoms with van der Waals surface area (Å²) in [6, 6.07) is 9.76. The summed E-state index contributed by atoms with van der Waals surface area (Å²) < 4.78 is 19.5. The molecule has 0 aliphatic heterocycles. The van der Waals surface area contributed by atoms with Crippen LogP contribution in [0.2, 0.25) is 0 Å². The van der Waals surface area contributed by atoms with E-state index in [0.29, 0.717) is 22.6 Å². The predicted molar refractivity (Wildman–Crippen MR) is 119 cm³/mol. The van der Waals surface area contributed by atoms with Crippen LogP contribution in [-0.4, -0.2) is 23.0 Å². The van der Waals surface area contributed by atoms with Crippen LogP contribution in [0, 0.1) is 5.82 Å². The maximum absolute atomic E-state index is 13.8. The van der Waals surface area contributed by atoms with E-state index in [1.54, 1.807) is 37.5 Å². The second-order valence-corrected chi connectivity index (χ2v) is 8.10. The number of hydrogen-bond acceptors (Lipinski definition) is 4. The topological polar surface area (TPSA) is 98.1 Å². The second-order valence-electron chi connectivity index (χ2n) is 8.10. The zero-order valence-electron chi connectivity index (χ0n) is 17.8. The number of amides is 1. The molecule has 1 amide bonds. The third-order valence-electron chi connectivity index (χ3n) is 4.77. The fourth-order valence-electron chi connectivity index (χ4n) is 3.24. The first-order valence-electron chi connectivity index (χ1n) is 9.66. The summed E-state index contributed by atoms with van der Waals surface area (Å²) in [7, 11) is 1.57. The highest BCUT2D eigenvalue weighted by Crippen LogP contribution is 2.38. The average Bonchev–Trinajstić information content (AvgIpc) is 2.72. The highest BCUT2D eigenvalue weighted by atomic mass is 19.1. The first-order valence-corrected chi connectivity index (χ1v) is 9.66. The molecule has 160 valence electrons. The van der Waals surface area contributed by atoms with Crippen molar-refractivity contribution in [3.8, 4) is 16.9 Å². The SMILES string of the molecule is COc1c(/C=C/c2cccc(C(N)=O)n2)cc(-c2cc(F)c[nH]c2=O)cc1C(C)(C)C. The molecule has 0 radical (unpaired) electrons. The van der Waals surface area contributed by atoms with Crippen LogP contribution in [0.1, 0.15) is 48.1 Å². The molecule has 7 heteroatoms. The fourth-order valence-corrected chi connectivity index (χ4v) is 3.24. The van der Waals surface area contributed by atoms with Crippen LogP contribution in [0.25, 0.3) is 23.3 Å². The van der Waals surface area contributed by atoms with Gasteiger partial charge in [0.2, 0.25) is 0 Å². The van der Waals surface area contributed by atoms with Crippen LogP contribution in [0.4, 0.5) is 4.39 Å². The van der Waals surface area contributed by atoms with Crippen molar-refractivity contribution >= 4 is 18.1 Å². The van der Waals surface area contributed by atoms with Crippen molar-refractivity contribution in [1.82, 2.24) is 9.97 Å². The van der Waals surface area contributed by atoms with E-state index in [2.05, 4.69) is 9.97 Å². The van der Waals surface area contributed by atoms with Gasteiger partial charge in [-0.05, 0) is 53.5 Å². The van der Waals surface area contributed by atoms with Crippen molar-refractivity contribution in [2.45, 2.75) is 26.2 Å². The molecule has 3 N–H and O–H groups in total. The van der Waals surface area contributed by atoms with Crippen molar-refractivity contribution in [3.05, 3.63) is 81.3 Å². The van der Waals surface area contributed by atoms with Crippen LogP contribution in [-0.2, 0) is 5.41 Å². The Morgan fingerprint density at radius 2 is 1.94 bits per heavy atom. The summed E-state index contributed by atoms with van der Waals surface area (Å²) in [5, 5.41) is 0. The normalized spacial score (nSPS) is 11.6. The van der Waals surface area contributed by atoms with Gasteiger partial charge in [0.15, 0.2) is 0 Å². The van der Waals surface area contributed by atoms with E-state index in [0.717, 1.165) is 11.8 Å². The Labute approximate surface area is 179 Å². The Kier molecular flexibility index (Phi) is 6.06. The number of nitrogens with one attached hydrogen (secondary N) is 1. The van der Waals surface area contributed by atoms with Gasteiger partial charge >= 0.3 is 0 Å². The van der Waals surface area contributed by atoms with Gasteiger partial charge in [0.25, 0.3) is 11.5 Å². The highest BCUT2D eigenvalue weighted by Gasteiger charge is 2.23. The van der Waals surface area contributed by atoms with E-state index < -0.39 is 17.3 Å². The van der Waals surface area contributed by atoms with E-state index in [1.165, 1.54) is 12.1 Å². The third kappa shape index (κ3) is 4.88. The number of nitrogens with zero attached hydrogens (tertiary/aromatic N) is 1. The van der Waals surface area contributed by atoms with Gasteiger partial charge in [-0.3, -0.25) is 9.59 Å². The minimum atomic E-state index is -0.616. The predicted octanol–water partition coefficient (Wildman–Crippen LogP) is 4.15. The standard InChI is InChI=1S/C24H24FN3O3/c1-24(2,3)19-11-15(18-12-16(25)13-27-23(18)30)10-14(21(19)31-4)8-9-17-6-5-7-20(28-17)22(26)29/h5-13H,1-4H3,(H2,26,29)(H,27,30)/b9-8+. The Morgan fingerprint density at radius 1 is 1.19 bits per heavy atom. The Balaban J connectivity index is 2.21. The molecule has 0 spiro atoms. The molecule has 3 rings (SSSR count). The molecule has 3 aromatic rings. The largest absolute Gasteiger partial charge is 0.496 e. The maximum Gasteiger partial charge on any atom is 0.267 e. The van der Waals surface area contributed by atoms with Gasteiger partial charge in [-0.1, -0.05) is 26.8 Å². The van der Waals surface area contributed by atoms with Crippen molar-refractivity contribution in [3.63, 3.8) is 0 Å². The van der Waals surface area contributed by atoms with E-state index in [-0.39, 0.29) is 16.7 Å². The van der Waals surface area contributed by atoms with Gasteiger partial charge in [0.1, 0.15) is 17.3 Å². The van der Waals surface area contributed by atoms with Gasteiger partial charge in [-0.15, -0.1) is 0 Å². The lowest BCUT2D eigenvalue weighted by Gasteiger charge is -2.24. The lowest BCUT2D eigenvalue weighted by molar-refractivity contribution is 0.0995. The van der Waals surface area contributed by atoms with E-state index >= 15 is 0 Å². The first-order chi connectivity index (χ1) is 14.6. The number of methoxy groups -OCH3 is 1. The molecule has 0 saturated carbocycles. The number of halogens is 1. The van der Waals surface area contributed by atoms with Crippen molar-refractivity contribution in [2.75, 3.05) is 7.11 Å². The number of carbonyl (C=O) groups is 1. The Morgan fingerprint density at radius 3 is 2.58 bits per heavy atom. The van der Waals surface area contributed by atoms with Gasteiger partial charge in [0, 0.05) is 22.9 Å². The van der Waals surface area contributed by atoms with Crippen LogP contribution in [0.3, 0.4) is 0 Å². The van der Waals surface area contributed by atoms with Gasteiger partial charge in [-0.25, -0.2) is 9.37 Å². The van der Waals surface area contributed by atoms with Crippen molar-refractivity contribution < 1.29 is 13.9 Å². The minimum absolute atomic E-state index is 0.157. The lowest BCUT2D eigenvalue weighted by atomic mass is 9.83. The number of primary amides is 1. The smallest absolute Gasteiger partial charge is 0.267 e. The molecule has 0 aliphatic rings. The highest BCUT2D eigenvalue weighted by molar-refractivity contribution is 5.91. The minimum Gasteiger partial charge on any atom is -0.496 e. The second kappa shape index (κ2) is 8.55. The average molecular weight is 421 g/mol. The number of H-pyrrole nitrogens is 1. The van der Waals surface area contributed by atoms with Crippen LogP contribution < -0.4 is 16.0 Å². The maximum atomic E-state index is 13.8. The number of hydrogen-bond donors (Lipinski definition) is 2. The summed E-state index contributed by atoms with van der Waals surface area (Å²) in [5.41, 5.74) is 7.61. The lowest BCUT2D eigenvalue weighted by Crippen LogP contribution is -2.15. The number of aromatic amines is 1. The van der Waals surface area contributed by atoms with Gasteiger partial charge < -0.3 is 15.5 Å². The Hall–Kier alpha value is -3.74. The number of nitrogens with two attached hydrogens (primary N) is 1. The number of rotatable bonds is 5. The molecule has 1 aromatic carbocycles. The number of aromatic nitrogens is 2. The van der Waals surface area contributed by atoms with Gasteiger partial charge in [0.05, 0.1) is 12.8 Å². The molecule has 0 saturated heterocycles. The summed E-state index contributed by atoms with van der Waals surface area (Å²) in [6.07, 6.45) is 4.52. The molecule has 2 aromatic heterocycles. The summed E-state index contributed by atoms with van der Waals surface area (Å²) >= 11 is 0.